The van der Waals surface area contributed by atoms with E-state index in [-0.39, 0.29) is 6.61 Å². The second-order valence-corrected chi connectivity index (χ2v) is 3.03. The molecule has 0 aliphatic heterocycles. The van der Waals surface area contributed by atoms with Gasteiger partial charge in [0.2, 0.25) is 0 Å². The monoisotopic (exact) mass is 194 g/mol. The van der Waals surface area contributed by atoms with Gasteiger partial charge in [0.15, 0.2) is 0 Å². The molecule has 0 bridgehead atoms. The Morgan fingerprint density at radius 2 is 2.07 bits per heavy atom. The van der Waals surface area contributed by atoms with Gasteiger partial charge in [-0.15, -0.1) is 0 Å². The molecule has 76 valence electrons. The molecule has 0 aromatic heterocycles. The summed E-state index contributed by atoms with van der Waals surface area (Å²) in [6.45, 7) is 1.89. The Balaban J connectivity index is 2.44. The SMILES string of the molecule is CCC(O)COC(=O)c1ccccc1. The van der Waals surface area contributed by atoms with Crippen molar-refractivity contribution in [3.8, 4) is 0 Å². The van der Waals surface area contributed by atoms with Crippen LogP contribution >= 0.6 is 0 Å². The minimum atomic E-state index is -0.567. The minimum Gasteiger partial charge on any atom is -0.459 e. The first-order valence-corrected chi connectivity index (χ1v) is 4.64. The highest BCUT2D eigenvalue weighted by molar-refractivity contribution is 5.89. The number of hydrogen-bond donors (Lipinski definition) is 1. The molecule has 0 saturated heterocycles. The summed E-state index contributed by atoms with van der Waals surface area (Å²) in [6, 6.07) is 8.73. The lowest BCUT2D eigenvalue weighted by Gasteiger charge is -2.08. The molecule has 0 aliphatic rings. The largest absolute Gasteiger partial charge is 0.459 e. The zero-order valence-electron chi connectivity index (χ0n) is 8.14. The van der Waals surface area contributed by atoms with Crippen LogP contribution in [0.5, 0.6) is 0 Å². The van der Waals surface area contributed by atoms with Gasteiger partial charge in [-0.05, 0) is 18.6 Å². The van der Waals surface area contributed by atoms with E-state index in [1.807, 2.05) is 13.0 Å². The van der Waals surface area contributed by atoms with Crippen molar-refractivity contribution in [3.05, 3.63) is 35.9 Å². The maximum absolute atomic E-state index is 11.3. The van der Waals surface area contributed by atoms with Crippen molar-refractivity contribution in [2.45, 2.75) is 19.4 Å². The highest BCUT2D eigenvalue weighted by atomic mass is 16.5. The van der Waals surface area contributed by atoms with Gasteiger partial charge in [0.1, 0.15) is 6.61 Å². The van der Waals surface area contributed by atoms with E-state index in [1.54, 1.807) is 24.3 Å². The normalized spacial score (nSPS) is 12.1. The number of aliphatic hydroxyl groups excluding tert-OH is 1. The second kappa shape index (κ2) is 5.40. The number of carbonyl (C=O) groups is 1. The maximum atomic E-state index is 11.3. The number of hydrogen-bond acceptors (Lipinski definition) is 3. The number of carbonyl (C=O) groups excluding carboxylic acids is 1. The van der Waals surface area contributed by atoms with Gasteiger partial charge in [-0.25, -0.2) is 4.79 Å². The molecule has 0 aliphatic carbocycles. The zero-order chi connectivity index (χ0) is 10.4. The molecule has 1 atom stereocenters. The van der Waals surface area contributed by atoms with Crippen LogP contribution in [0.4, 0.5) is 0 Å². The van der Waals surface area contributed by atoms with Crippen LogP contribution in [0.25, 0.3) is 0 Å². The average Bonchev–Trinajstić information content (AvgIpc) is 2.26. The van der Waals surface area contributed by atoms with E-state index in [2.05, 4.69) is 0 Å². The van der Waals surface area contributed by atoms with Crippen LogP contribution in [0, 0.1) is 0 Å². The number of benzene rings is 1. The standard InChI is InChI=1S/C11H14O3/c1-2-10(12)8-14-11(13)9-6-4-3-5-7-9/h3-7,10,12H,2,8H2,1H3. The van der Waals surface area contributed by atoms with E-state index in [0.29, 0.717) is 12.0 Å². The topological polar surface area (TPSA) is 46.5 Å². The van der Waals surface area contributed by atoms with Crippen molar-refractivity contribution in [3.63, 3.8) is 0 Å². The molecule has 0 radical (unpaired) electrons. The highest BCUT2D eigenvalue weighted by Crippen LogP contribution is 2.02. The Hall–Kier alpha value is -1.35. The Labute approximate surface area is 83.3 Å². The van der Waals surface area contributed by atoms with Crippen LogP contribution in [0.2, 0.25) is 0 Å². The molecule has 3 heteroatoms. The van der Waals surface area contributed by atoms with Crippen molar-refractivity contribution >= 4 is 5.97 Å². The van der Waals surface area contributed by atoms with Gasteiger partial charge in [0, 0.05) is 0 Å². The summed E-state index contributed by atoms with van der Waals surface area (Å²) in [5.41, 5.74) is 0.510. The summed E-state index contributed by atoms with van der Waals surface area (Å²) in [4.78, 5) is 11.3. The van der Waals surface area contributed by atoms with Crippen LogP contribution < -0.4 is 0 Å². The van der Waals surface area contributed by atoms with Gasteiger partial charge in [-0.1, -0.05) is 25.1 Å². The van der Waals surface area contributed by atoms with Crippen molar-refractivity contribution < 1.29 is 14.6 Å². The van der Waals surface area contributed by atoms with Crippen LogP contribution in [0.1, 0.15) is 23.7 Å². The first-order chi connectivity index (χ1) is 6.74. The number of aliphatic hydroxyl groups is 1. The molecule has 0 amide bonds. The van der Waals surface area contributed by atoms with Gasteiger partial charge < -0.3 is 9.84 Å². The van der Waals surface area contributed by atoms with Gasteiger partial charge in [-0.3, -0.25) is 0 Å². The molecule has 1 unspecified atom stereocenters. The van der Waals surface area contributed by atoms with E-state index in [1.165, 1.54) is 0 Å². The van der Waals surface area contributed by atoms with Crippen LogP contribution in [0.15, 0.2) is 30.3 Å². The number of rotatable bonds is 4. The molecule has 1 aromatic rings. The summed E-state index contributed by atoms with van der Waals surface area (Å²) >= 11 is 0. The van der Waals surface area contributed by atoms with E-state index in [9.17, 15) is 9.90 Å². The summed E-state index contributed by atoms with van der Waals surface area (Å²) < 4.78 is 4.89. The van der Waals surface area contributed by atoms with Crippen molar-refractivity contribution in [2.75, 3.05) is 6.61 Å². The lowest BCUT2D eigenvalue weighted by Crippen LogP contribution is -2.17. The quantitative estimate of drug-likeness (QED) is 0.741. The van der Waals surface area contributed by atoms with E-state index < -0.39 is 12.1 Å². The lowest BCUT2D eigenvalue weighted by molar-refractivity contribution is 0.0250. The van der Waals surface area contributed by atoms with Gasteiger partial charge in [-0.2, -0.15) is 0 Å². The Morgan fingerprint density at radius 1 is 1.43 bits per heavy atom. The molecule has 0 spiro atoms. The first-order valence-electron chi connectivity index (χ1n) is 4.64. The van der Waals surface area contributed by atoms with Gasteiger partial charge in [0.05, 0.1) is 11.7 Å². The highest BCUT2D eigenvalue weighted by Gasteiger charge is 2.08. The fourth-order valence-electron chi connectivity index (χ4n) is 0.947. The summed E-state index contributed by atoms with van der Waals surface area (Å²) in [5.74, 6) is -0.391. The third kappa shape index (κ3) is 3.18. The molecular weight excluding hydrogens is 180 g/mol. The third-order valence-electron chi connectivity index (χ3n) is 1.89. The average molecular weight is 194 g/mol. The predicted octanol–water partition coefficient (Wildman–Crippen LogP) is 1.61. The van der Waals surface area contributed by atoms with E-state index in [4.69, 9.17) is 4.74 Å². The van der Waals surface area contributed by atoms with Crippen LogP contribution in [0.3, 0.4) is 0 Å². The van der Waals surface area contributed by atoms with E-state index >= 15 is 0 Å². The molecule has 0 saturated carbocycles. The minimum absolute atomic E-state index is 0.0597. The Morgan fingerprint density at radius 3 is 2.64 bits per heavy atom. The smallest absolute Gasteiger partial charge is 0.338 e. The zero-order valence-corrected chi connectivity index (χ0v) is 8.14. The van der Waals surface area contributed by atoms with Crippen molar-refractivity contribution in [1.82, 2.24) is 0 Å². The van der Waals surface area contributed by atoms with Crippen molar-refractivity contribution in [1.29, 1.82) is 0 Å². The van der Waals surface area contributed by atoms with Crippen molar-refractivity contribution in [2.24, 2.45) is 0 Å². The lowest BCUT2D eigenvalue weighted by atomic mass is 10.2. The number of esters is 1. The van der Waals surface area contributed by atoms with Gasteiger partial charge in [0.25, 0.3) is 0 Å². The summed E-state index contributed by atoms with van der Waals surface area (Å²) in [7, 11) is 0. The fourth-order valence-corrected chi connectivity index (χ4v) is 0.947. The molecule has 3 nitrogen and oxygen atoms in total. The van der Waals surface area contributed by atoms with E-state index in [0.717, 1.165) is 0 Å². The first kappa shape index (κ1) is 10.7. The molecule has 0 heterocycles. The third-order valence-corrected chi connectivity index (χ3v) is 1.89. The summed E-state index contributed by atoms with van der Waals surface area (Å²) in [5, 5.41) is 9.18. The molecule has 1 N–H and O–H groups in total. The molecule has 1 aromatic carbocycles. The molecule has 0 fully saturated rings. The molecule has 1 rings (SSSR count). The fraction of sp³-hybridized carbons (Fsp3) is 0.364. The Kier molecular flexibility index (Phi) is 4.13. The second-order valence-electron chi connectivity index (χ2n) is 3.03. The molecule has 14 heavy (non-hydrogen) atoms. The Bertz CT molecular complexity index is 282. The summed E-state index contributed by atoms with van der Waals surface area (Å²) in [6.07, 6.45) is 0.0184. The molecular formula is C11H14O3. The van der Waals surface area contributed by atoms with Crippen LogP contribution in [-0.2, 0) is 4.74 Å². The number of ether oxygens (including phenoxy) is 1. The predicted molar refractivity (Wildman–Crippen MR) is 53.0 cm³/mol. The van der Waals surface area contributed by atoms with Gasteiger partial charge >= 0.3 is 5.97 Å². The maximum Gasteiger partial charge on any atom is 0.338 e. The van der Waals surface area contributed by atoms with Crippen LogP contribution in [-0.4, -0.2) is 23.8 Å².